The molecule has 0 aromatic heterocycles. The maximum Gasteiger partial charge on any atom is 0.240 e. The van der Waals surface area contributed by atoms with E-state index in [0.29, 0.717) is 5.75 Å². The number of para-hydroxylation sites is 1. The molecule has 0 saturated carbocycles. The monoisotopic (exact) mass is 426 g/mol. The molecule has 2 aromatic rings. The number of carbonyl (C=O) groups is 1. The first-order valence-corrected chi connectivity index (χ1v) is 9.95. The minimum atomic E-state index is -3.74. The smallest absolute Gasteiger partial charge is 0.240 e. The van der Waals surface area contributed by atoms with Crippen molar-refractivity contribution >= 4 is 38.9 Å². The fraction of sp³-hybridized carbons (Fsp3) is 0.176. The molecule has 0 unspecified atom stereocenters. The van der Waals surface area contributed by atoms with Gasteiger partial charge in [0.15, 0.2) is 5.11 Å². The zero-order chi connectivity index (χ0) is 20.6. The zero-order valence-electron chi connectivity index (χ0n) is 14.9. The number of methoxy groups -OCH3 is 1. The Morgan fingerprint density at radius 2 is 1.79 bits per heavy atom. The summed E-state index contributed by atoms with van der Waals surface area (Å²) >= 11 is 4.94. The highest BCUT2D eigenvalue weighted by Gasteiger charge is 2.14. The van der Waals surface area contributed by atoms with Crippen LogP contribution >= 0.6 is 12.2 Å². The summed E-state index contributed by atoms with van der Waals surface area (Å²) in [5, 5.41) is 2.57. The highest BCUT2D eigenvalue weighted by atomic mass is 32.2. The molecule has 0 bridgehead atoms. The maximum atomic E-state index is 13.5. The van der Waals surface area contributed by atoms with Crippen molar-refractivity contribution in [3.05, 3.63) is 54.3 Å². The van der Waals surface area contributed by atoms with Crippen LogP contribution in [0.15, 0.2) is 53.4 Å². The highest BCUT2D eigenvalue weighted by Crippen LogP contribution is 2.15. The van der Waals surface area contributed by atoms with E-state index in [2.05, 4.69) is 20.9 Å². The van der Waals surface area contributed by atoms with Gasteiger partial charge in [-0.2, -0.15) is 0 Å². The average Bonchev–Trinajstić information content (AvgIpc) is 2.68. The molecule has 0 aliphatic carbocycles. The van der Waals surface area contributed by atoms with E-state index in [4.69, 9.17) is 17.0 Å². The van der Waals surface area contributed by atoms with Crippen LogP contribution in [-0.2, 0) is 14.8 Å². The molecule has 8 nitrogen and oxygen atoms in total. The van der Waals surface area contributed by atoms with Crippen LogP contribution in [0.2, 0.25) is 0 Å². The third kappa shape index (κ3) is 6.44. The molecule has 0 saturated heterocycles. The predicted octanol–water partition coefficient (Wildman–Crippen LogP) is 1.52. The second-order valence-electron chi connectivity index (χ2n) is 5.43. The first-order chi connectivity index (χ1) is 13.3. The van der Waals surface area contributed by atoms with Gasteiger partial charge < -0.3 is 10.1 Å². The third-order valence-corrected chi connectivity index (χ3v) is 5.13. The Bertz CT molecular complexity index is 936. The summed E-state index contributed by atoms with van der Waals surface area (Å²) in [6.07, 6.45) is -0.134. The van der Waals surface area contributed by atoms with Crippen LogP contribution in [0.5, 0.6) is 5.75 Å². The third-order valence-electron chi connectivity index (χ3n) is 3.45. The largest absolute Gasteiger partial charge is 0.497 e. The standard InChI is InChI=1S/C17H19FN4O4S2/c1-26-12-6-8-13(9-7-12)28(24,25)19-11-10-16(23)21-22-17(27)20-15-5-3-2-4-14(15)18/h2-9,19H,10-11H2,1H3,(H,21,23)(H2,20,22,27). The number of hydrazine groups is 1. The summed E-state index contributed by atoms with van der Waals surface area (Å²) in [4.78, 5) is 11.8. The van der Waals surface area contributed by atoms with Gasteiger partial charge in [-0.1, -0.05) is 12.1 Å². The van der Waals surface area contributed by atoms with Crippen LogP contribution in [0.4, 0.5) is 10.1 Å². The molecule has 2 rings (SSSR count). The van der Waals surface area contributed by atoms with Crippen LogP contribution in [0.3, 0.4) is 0 Å². The number of anilines is 1. The van der Waals surface area contributed by atoms with Crippen molar-refractivity contribution in [3.8, 4) is 5.75 Å². The van der Waals surface area contributed by atoms with Crippen molar-refractivity contribution in [2.24, 2.45) is 0 Å². The molecule has 1 amide bonds. The van der Waals surface area contributed by atoms with Crippen LogP contribution in [0.1, 0.15) is 6.42 Å². The van der Waals surface area contributed by atoms with Gasteiger partial charge in [0, 0.05) is 13.0 Å². The molecule has 0 fully saturated rings. The molecule has 0 aliphatic rings. The van der Waals surface area contributed by atoms with E-state index in [0.717, 1.165) is 0 Å². The van der Waals surface area contributed by atoms with Gasteiger partial charge in [-0.25, -0.2) is 17.5 Å². The number of halogens is 1. The number of hydrogen-bond donors (Lipinski definition) is 4. The molecule has 2 aromatic carbocycles. The topological polar surface area (TPSA) is 109 Å². The predicted molar refractivity (Wildman–Crippen MR) is 107 cm³/mol. The number of hydrogen-bond acceptors (Lipinski definition) is 5. The number of thiocarbonyl (C=S) groups is 1. The summed E-state index contributed by atoms with van der Waals surface area (Å²) in [5.41, 5.74) is 4.86. The lowest BCUT2D eigenvalue weighted by atomic mass is 10.3. The zero-order valence-corrected chi connectivity index (χ0v) is 16.5. The van der Waals surface area contributed by atoms with Crippen molar-refractivity contribution in [1.29, 1.82) is 0 Å². The molecular weight excluding hydrogens is 407 g/mol. The Kier molecular flexibility index (Phi) is 7.67. The summed E-state index contributed by atoms with van der Waals surface area (Å²) in [5.74, 6) is -0.467. The quantitative estimate of drug-likeness (QED) is 0.393. The highest BCUT2D eigenvalue weighted by molar-refractivity contribution is 7.89. The molecule has 0 heterocycles. The molecule has 0 spiro atoms. The van der Waals surface area contributed by atoms with Crippen molar-refractivity contribution in [3.63, 3.8) is 0 Å². The van der Waals surface area contributed by atoms with Gasteiger partial charge in [0.05, 0.1) is 17.7 Å². The number of amides is 1. The Labute approximate surface area is 167 Å². The van der Waals surface area contributed by atoms with Gasteiger partial charge in [0.2, 0.25) is 15.9 Å². The number of nitrogens with one attached hydrogen (secondary N) is 4. The van der Waals surface area contributed by atoms with Crippen LogP contribution in [-0.4, -0.2) is 33.1 Å². The van der Waals surface area contributed by atoms with E-state index in [1.54, 1.807) is 6.07 Å². The normalized spacial score (nSPS) is 10.8. The number of benzene rings is 2. The fourth-order valence-corrected chi connectivity index (χ4v) is 3.24. The summed E-state index contributed by atoms with van der Waals surface area (Å²) in [7, 11) is -2.27. The Morgan fingerprint density at radius 1 is 1.11 bits per heavy atom. The van der Waals surface area contributed by atoms with E-state index >= 15 is 0 Å². The summed E-state index contributed by atoms with van der Waals surface area (Å²) in [6.45, 7) is -0.116. The number of sulfonamides is 1. The molecule has 0 radical (unpaired) electrons. The van der Waals surface area contributed by atoms with Crippen LogP contribution < -0.4 is 25.6 Å². The molecule has 0 aliphatic heterocycles. The van der Waals surface area contributed by atoms with Crippen LogP contribution in [0, 0.1) is 5.82 Å². The first-order valence-electron chi connectivity index (χ1n) is 8.06. The fourth-order valence-electron chi connectivity index (χ4n) is 2.04. The molecule has 150 valence electrons. The molecule has 4 N–H and O–H groups in total. The van der Waals surface area contributed by atoms with E-state index in [-0.39, 0.29) is 28.7 Å². The Morgan fingerprint density at radius 3 is 2.43 bits per heavy atom. The molecule has 11 heteroatoms. The van der Waals surface area contributed by atoms with Crippen molar-refractivity contribution in [2.75, 3.05) is 19.0 Å². The van der Waals surface area contributed by atoms with Gasteiger partial charge in [-0.05, 0) is 48.6 Å². The second-order valence-corrected chi connectivity index (χ2v) is 7.61. The summed E-state index contributed by atoms with van der Waals surface area (Å²) < 4.78 is 45.1. The molecular formula is C17H19FN4O4S2. The molecule has 28 heavy (non-hydrogen) atoms. The van der Waals surface area contributed by atoms with E-state index < -0.39 is 21.7 Å². The number of ether oxygens (including phenoxy) is 1. The Hall–Kier alpha value is -2.76. The minimum Gasteiger partial charge on any atom is -0.497 e. The van der Waals surface area contributed by atoms with Crippen molar-refractivity contribution in [2.45, 2.75) is 11.3 Å². The van der Waals surface area contributed by atoms with Gasteiger partial charge >= 0.3 is 0 Å². The van der Waals surface area contributed by atoms with Gasteiger partial charge in [-0.3, -0.25) is 15.6 Å². The SMILES string of the molecule is COc1ccc(S(=O)(=O)NCCC(=O)NNC(=S)Nc2ccccc2F)cc1. The van der Waals surface area contributed by atoms with E-state index in [1.165, 1.54) is 49.6 Å². The first kappa shape index (κ1) is 21.5. The van der Waals surface area contributed by atoms with Gasteiger partial charge in [0.25, 0.3) is 0 Å². The lowest BCUT2D eigenvalue weighted by Gasteiger charge is -2.12. The Balaban J connectivity index is 1.74. The van der Waals surface area contributed by atoms with E-state index in [1.807, 2.05) is 0 Å². The van der Waals surface area contributed by atoms with Crippen LogP contribution in [0.25, 0.3) is 0 Å². The van der Waals surface area contributed by atoms with Crippen molar-refractivity contribution in [1.82, 2.24) is 15.6 Å². The van der Waals surface area contributed by atoms with Gasteiger partial charge in [-0.15, -0.1) is 0 Å². The summed E-state index contributed by atoms with van der Waals surface area (Å²) in [6, 6.07) is 11.7. The van der Waals surface area contributed by atoms with E-state index in [9.17, 15) is 17.6 Å². The van der Waals surface area contributed by atoms with Crippen molar-refractivity contribution < 1.29 is 22.3 Å². The average molecular weight is 426 g/mol. The second kappa shape index (κ2) is 9.97. The lowest BCUT2D eigenvalue weighted by Crippen LogP contribution is -2.44. The maximum absolute atomic E-state index is 13.5. The number of rotatable bonds is 7. The minimum absolute atomic E-state index is 0.0164. The lowest BCUT2D eigenvalue weighted by molar-refractivity contribution is -0.121. The number of carbonyl (C=O) groups excluding carboxylic acids is 1. The van der Waals surface area contributed by atoms with Gasteiger partial charge in [0.1, 0.15) is 11.6 Å². The molecule has 0 atom stereocenters.